The van der Waals surface area contributed by atoms with Crippen molar-refractivity contribution in [3.05, 3.63) is 0 Å². The van der Waals surface area contributed by atoms with Crippen molar-refractivity contribution >= 4 is 35.9 Å². The lowest BCUT2D eigenvalue weighted by atomic mass is 10.2. The van der Waals surface area contributed by atoms with Gasteiger partial charge in [0.05, 0.1) is 7.11 Å². The third-order valence-electron chi connectivity index (χ3n) is 1.36. The molecule has 0 aliphatic heterocycles. The zero-order valence-corrected chi connectivity index (χ0v) is 10.8. The highest BCUT2D eigenvalue weighted by Gasteiger charge is 2.27. The van der Waals surface area contributed by atoms with Crippen molar-refractivity contribution in [2.24, 2.45) is 0 Å². The Hall–Kier alpha value is 0.220. The van der Waals surface area contributed by atoms with E-state index in [4.69, 9.17) is 16.1 Å². The second kappa shape index (κ2) is 7.49. The molecule has 0 aromatic heterocycles. The molecule has 0 aliphatic rings. The highest BCUT2D eigenvalue weighted by Crippen LogP contribution is 2.47. The van der Waals surface area contributed by atoms with Gasteiger partial charge in [-0.25, -0.2) is 9.36 Å². The van der Waals surface area contributed by atoms with E-state index in [0.29, 0.717) is 12.2 Å². The molecule has 0 rings (SSSR count). The summed E-state index contributed by atoms with van der Waals surface area (Å²) in [5.74, 6) is -0.236. The number of hydrogen-bond acceptors (Lipinski definition) is 6. The van der Waals surface area contributed by atoms with E-state index in [-0.39, 0.29) is 0 Å². The molecule has 0 heterocycles. The van der Waals surface area contributed by atoms with Crippen LogP contribution in [0.5, 0.6) is 0 Å². The third-order valence-corrected chi connectivity index (χ3v) is 2.61. The fourth-order valence-electron chi connectivity index (χ4n) is 0.777. The number of hydrogen-bond donors (Lipinski definition) is 2. The Morgan fingerprint density at radius 1 is 1.73 bits per heavy atom. The van der Waals surface area contributed by atoms with Crippen LogP contribution in [0.2, 0.25) is 0 Å². The fourth-order valence-corrected chi connectivity index (χ4v) is 1.80. The highest BCUT2D eigenvalue weighted by atomic mass is 35.7. The molecule has 0 saturated carbocycles. The molecule has 90 valence electrons. The van der Waals surface area contributed by atoms with Gasteiger partial charge in [-0.2, -0.15) is 17.2 Å². The minimum Gasteiger partial charge on any atom is -0.379 e. The largest absolute Gasteiger partial charge is 0.476 e. The molecular formula is C6H13ClNO5PS. The van der Waals surface area contributed by atoms with E-state index in [1.165, 1.54) is 18.9 Å². The Labute approximate surface area is 96.9 Å². The van der Waals surface area contributed by atoms with Crippen molar-refractivity contribution in [1.29, 1.82) is 0 Å². The van der Waals surface area contributed by atoms with E-state index < -0.39 is 19.0 Å². The average Bonchev–Trinajstić information content (AvgIpc) is 2.09. The highest BCUT2D eigenvalue weighted by molar-refractivity contribution is 7.98. The van der Waals surface area contributed by atoms with Crippen LogP contribution in [0.4, 0.5) is 0 Å². The molecule has 0 aromatic rings. The van der Waals surface area contributed by atoms with E-state index in [1.807, 2.05) is 6.26 Å². The molecule has 9 heteroatoms. The third kappa shape index (κ3) is 8.07. The van der Waals surface area contributed by atoms with Crippen molar-refractivity contribution in [2.75, 3.05) is 19.1 Å². The predicted octanol–water partition coefficient (Wildman–Crippen LogP) is 1.14. The quantitative estimate of drug-likeness (QED) is 0.533. The molecule has 0 amide bonds. The van der Waals surface area contributed by atoms with Crippen LogP contribution in [-0.4, -0.2) is 36.0 Å². The first-order valence-corrected chi connectivity index (χ1v) is 7.81. The molecule has 0 saturated heterocycles. The minimum absolute atomic E-state index is 0.407. The maximum absolute atomic E-state index is 11.3. The van der Waals surface area contributed by atoms with Crippen molar-refractivity contribution < 1.29 is 23.6 Å². The molecule has 0 aliphatic carbocycles. The molecule has 0 spiro atoms. The molecule has 6 nitrogen and oxygen atoms in total. The number of thioether (sulfide) groups is 1. The number of carbonyl (C=O) groups excluding carboxylic acids is 1. The molecule has 2 atom stereocenters. The van der Waals surface area contributed by atoms with E-state index in [0.717, 1.165) is 0 Å². The monoisotopic (exact) mass is 277 g/mol. The zero-order valence-electron chi connectivity index (χ0n) is 8.31. The van der Waals surface area contributed by atoms with E-state index in [1.54, 1.807) is 0 Å². The lowest BCUT2D eigenvalue weighted by molar-refractivity contribution is -0.140. The van der Waals surface area contributed by atoms with Crippen LogP contribution >= 0.6 is 30.0 Å². The molecule has 2 N–H and O–H groups in total. The first-order chi connectivity index (χ1) is 6.90. The lowest BCUT2D eigenvalue weighted by Gasteiger charge is -2.15. The Kier molecular flexibility index (Phi) is 7.60. The summed E-state index contributed by atoms with van der Waals surface area (Å²) in [5.41, 5.74) is 2.36. The van der Waals surface area contributed by atoms with Crippen LogP contribution in [0.25, 0.3) is 0 Å². The number of rotatable bonds is 7. The van der Waals surface area contributed by atoms with E-state index in [2.05, 4.69) is 14.8 Å². The van der Waals surface area contributed by atoms with Gasteiger partial charge in [-0.05, 0) is 18.4 Å². The maximum atomic E-state index is 11.3. The summed E-state index contributed by atoms with van der Waals surface area (Å²) >= 11 is 6.42. The summed E-state index contributed by atoms with van der Waals surface area (Å²) in [7, 11) is 1.33. The zero-order chi connectivity index (χ0) is 11.9. The first kappa shape index (κ1) is 15.2. The summed E-state index contributed by atoms with van der Waals surface area (Å²) in [4.78, 5) is 24.5. The molecule has 0 fully saturated rings. The Morgan fingerprint density at radius 2 is 2.33 bits per heavy atom. The standard InChI is InChI=1S/C6H13ClNO5PS/c1-12-8-5(3-4-15-2)6(9)13-14(7,10)11/h5,8H,3-4H2,1-2H3,(H,10,11). The molecule has 0 aromatic carbocycles. The SMILES string of the molecule is CONC(CCSC)C(=O)OP(=O)(O)Cl. The van der Waals surface area contributed by atoms with Crippen LogP contribution in [0.1, 0.15) is 6.42 Å². The number of hydroxylamine groups is 1. The van der Waals surface area contributed by atoms with E-state index >= 15 is 0 Å². The van der Waals surface area contributed by atoms with Gasteiger partial charge in [-0.1, -0.05) is 0 Å². The van der Waals surface area contributed by atoms with Crippen molar-refractivity contribution in [2.45, 2.75) is 12.5 Å². The molecule has 0 radical (unpaired) electrons. The number of carbonyl (C=O) groups is 1. The molecule has 0 bridgehead atoms. The Balaban J connectivity index is 4.22. The second-order valence-electron chi connectivity index (χ2n) is 2.52. The van der Waals surface area contributed by atoms with Gasteiger partial charge in [0.25, 0.3) is 0 Å². The lowest BCUT2D eigenvalue weighted by Crippen LogP contribution is -2.37. The number of nitrogens with one attached hydrogen (secondary N) is 1. The number of halogens is 1. The van der Waals surface area contributed by atoms with E-state index in [9.17, 15) is 9.36 Å². The Morgan fingerprint density at radius 3 is 2.73 bits per heavy atom. The average molecular weight is 278 g/mol. The first-order valence-electron chi connectivity index (χ1n) is 3.94. The van der Waals surface area contributed by atoms with Crippen molar-refractivity contribution in [3.8, 4) is 0 Å². The summed E-state index contributed by atoms with van der Waals surface area (Å²) < 4.78 is 14.7. The molecular weight excluding hydrogens is 265 g/mol. The normalized spacial score (nSPS) is 16.8. The van der Waals surface area contributed by atoms with Gasteiger partial charge in [0, 0.05) is 11.2 Å². The summed E-state index contributed by atoms with van der Waals surface area (Å²) in [6, 6.07) is -0.804. The summed E-state index contributed by atoms with van der Waals surface area (Å²) in [6.45, 7) is -4.31. The van der Waals surface area contributed by atoms with Gasteiger partial charge < -0.3 is 14.3 Å². The second-order valence-corrected chi connectivity index (χ2v) is 5.87. The summed E-state index contributed by atoms with van der Waals surface area (Å²) in [5, 5.41) is 0. The molecule has 2 unspecified atom stereocenters. The van der Waals surface area contributed by atoms with Crippen LogP contribution < -0.4 is 5.48 Å². The minimum atomic E-state index is -4.31. The van der Waals surface area contributed by atoms with Gasteiger partial charge >= 0.3 is 12.9 Å². The van der Waals surface area contributed by atoms with Crippen LogP contribution in [0.3, 0.4) is 0 Å². The predicted molar refractivity (Wildman–Crippen MR) is 58.7 cm³/mol. The van der Waals surface area contributed by atoms with Gasteiger partial charge in [0.1, 0.15) is 6.04 Å². The van der Waals surface area contributed by atoms with Crippen LogP contribution in [0, 0.1) is 0 Å². The smallest absolute Gasteiger partial charge is 0.379 e. The van der Waals surface area contributed by atoms with Crippen molar-refractivity contribution in [1.82, 2.24) is 5.48 Å². The van der Waals surface area contributed by atoms with Gasteiger partial charge in [-0.3, -0.25) is 0 Å². The molecule has 15 heavy (non-hydrogen) atoms. The topological polar surface area (TPSA) is 84.9 Å². The van der Waals surface area contributed by atoms with Gasteiger partial charge in [0.15, 0.2) is 0 Å². The van der Waals surface area contributed by atoms with Crippen LogP contribution in [0.15, 0.2) is 0 Å². The van der Waals surface area contributed by atoms with Crippen molar-refractivity contribution in [3.63, 3.8) is 0 Å². The summed E-state index contributed by atoms with van der Waals surface area (Å²) in [6.07, 6.45) is 2.28. The van der Waals surface area contributed by atoms with Gasteiger partial charge in [-0.15, -0.1) is 0 Å². The van der Waals surface area contributed by atoms with Gasteiger partial charge in [0.2, 0.25) is 0 Å². The fraction of sp³-hybridized carbons (Fsp3) is 0.833. The Bertz CT molecular complexity index is 248. The maximum Gasteiger partial charge on any atom is 0.476 e. The van der Waals surface area contributed by atoms with Crippen LogP contribution in [-0.2, 0) is 18.7 Å².